The van der Waals surface area contributed by atoms with Crippen LogP contribution in [-0.4, -0.2) is 31.6 Å². The number of rotatable bonds is 5. The molecule has 0 fully saturated rings. The van der Waals surface area contributed by atoms with E-state index >= 15 is 0 Å². The van der Waals surface area contributed by atoms with Crippen LogP contribution in [0.3, 0.4) is 0 Å². The van der Waals surface area contributed by atoms with Gasteiger partial charge in [0.15, 0.2) is 0 Å². The third kappa shape index (κ3) is 4.41. The zero-order valence-corrected chi connectivity index (χ0v) is 17.1. The number of hydrogen-bond donors (Lipinski definition) is 2. The Morgan fingerprint density at radius 1 is 0.933 bits per heavy atom. The molecule has 4 rings (SSSR count). The Morgan fingerprint density at radius 2 is 1.63 bits per heavy atom. The highest BCUT2D eigenvalue weighted by atomic mass is 32.1. The van der Waals surface area contributed by atoms with Crippen molar-refractivity contribution in [1.82, 2.24) is 19.7 Å². The summed E-state index contributed by atoms with van der Waals surface area (Å²) in [6, 6.07) is 14.2. The Kier molecular flexibility index (Phi) is 5.36. The van der Waals surface area contributed by atoms with Crippen molar-refractivity contribution < 1.29 is 9.59 Å². The highest BCUT2D eigenvalue weighted by Crippen LogP contribution is 2.20. The quantitative estimate of drug-likeness (QED) is 0.513. The zero-order chi connectivity index (χ0) is 21.1. The molecule has 2 N–H and O–H groups in total. The maximum Gasteiger partial charge on any atom is 0.266 e. The number of benzene rings is 1. The normalized spacial score (nSPS) is 10.6. The van der Waals surface area contributed by atoms with Gasteiger partial charge in [0.1, 0.15) is 18.5 Å². The minimum atomic E-state index is -0.297. The number of anilines is 2. The van der Waals surface area contributed by atoms with E-state index in [1.165, 1.54) is 6.33 Å². The Labute approximate surface area is 176 Å². The molecule has 3 aromatic heterocycles. The van der Waals surface area contributed by atoms with Gasteiger partial charge in [0.2, 0.25) is 0 Å². The number of carbonyl (C=O) groups excluding carboxylic acids is 2. The van der Waals surface area contributed by atoms with Crippen LogP contribution in [0, 0.1) is 13.8 Å². The van der Waals surface area contributed by atoms with Crippen LogP contribution in [-0.2, 0) is 0 Å². The molecule has 4 aromatic rings. The minimum Gasteiger partial charge on any atom is -0.321 e. The smallest absolute Gasteiger partial charge is 0.266 e. The minimum absolute atomic E-state index is 0.280. The van der Waals surface area contributed by atoms with Gasteiger partial charge in [0, 0.05) is 11.4 Å². The predicted octanol–water partition coefficient (Wildman–Crippen LogP) is 3.85. The number of aromatic nitrogens is 4. The largest absolute Gasteiger partial charge is 0.321 e. The van der Waals surface area contributed by atoms with Crippen LogP contribution < -0.4 is 10.6 Å². The van der Waals surface area contributed by atoms with Crippen molar-refractivity contribution in [2.75, 3.05) is 10.6 Å². The average molecular weight is 418 g/mol. The lowest BCUT2D eigenvalue weighted by molar-refractivity contribution is 0.102. The Morgan fingerprint density at radius 3 is 2.27 bits per heavy atom. The van der Waals surface area contributed by atoms with Gasteiger partial charge < -0.3 is 10.6 Å². The van der Waals surface area contributed by atoms with Crippen molar-refractivity contribution in [1.29, 1.82) is 0 Å². The van der Waals surface area contributed by atoms with Crippen LogP contribution in [0.4, 0.5) is 11.5 Å². The average Bonchev–Trinajstić information content (AvgIpc) is 3.40. The molecule has 30 heavy (non-hydrogen) atoms. The first kappa shape index (κ1) is 19.5. The molecule has 150 valence electrons. The SMILES string of the molecule is Cc1cc(C)nc(NC(=O)c2ccc(C(=O)Nc3ccc(-n4cncn4)cc3)s2)c1. The van der Waals surface area contributed by atoms with Crippen LogP contribution in [0.1, 0.15) is 30.6 Å². The molecule has 3 heterocycles. The van der Waals surface area contributed by atoms with Gasteiger partial charge in [0.25, 0.3) is 11.8 Å². The summed E-state index contributed by atoms with van der Waals surface area (Å²) in [4.78, 5) is 34.1. The number of carbonyl (C=O) groups is 2. The molecule has 0 unspecified atom stereocenters. The summed E-state index contributed by atoms with van der Waals surface area (Å²) in [6.07, 6.45) is 3.05. The fourth-order valence-electron chi connectivity index (χ4n) is 2.90. The first-order valence-electron chi connectivity index (χ1n) is 9.11. The summed E-state index contributed by atoms with van der Waals surface area (Å²) >= 11 is 1.12. The number of amides is 2. The summed E-state index contributed by atoms with van der Waals surface area (Å²) in [5.74, 6) is -0.0878. The molecule has 0 radical (unpaired) electrons. The van der Waals surface area contributed by atoms with Crippen LogP contribution in [0.25, 0.3) is 5.69 Å². The van der Waals surface area contributed by atoms with Crippen LogP contribution >= 0.6 is 11.3 Å². The molecule has 8 nitrogen and oxygen atoms in total. The highest BCUT2D eigenvalue weighted by molar-refractivity contribution is 7.16. The van der Waals surface area contributed by atoms with Crippen molar-refractivity contribution in [2.24, 2.45) is 0 Å². The standard InChI is InChI=1S/C21H18N6O2S/c1-13-9-14(2)24-19(10-13)26-21(29)18-8-7-17(30-18)20(28)25-15-3-5-16(6-4-15)27-12-22-11-23-27/h3-12H,1-2H3,(H,25,28)(H,24,26,29). The summed E-state index contributed by atoms with van der Waals surface area (Å²) < 4.78 is 1.63. The molecule has 0 spiro atoms. The van der Waals surface area contributed by atoms with Gasteiger partial charge in [-0.1, -0.05) is 0 Å². The number of nitrogens with one attached hydrogen (secondary N) is 2. The summed E-state index contributed by atoms with van der Waals surface area (Å²) in [5, 5.41) is 9.67. The first-order chi connectivity index (χ1) is 14.5. The summed E-state index contributed by atoms with van der Waals surface area (Å²) in [5.41, 5.74) is 3.31. The second-order valence-electron chi connectivity index (χ2n) is 6.63. The second-order valence-corrected chi connectivity index (χ2v) is 7.71. The Hall–Kier alpha value is -3.85. The predicted molar refractivity (Wildman–Crippen MR) is 115 cm³/mol. The number of pyridine rings is 1. The van der Waals surface area contributed by atoms with Crippen molar-refractivity contribution in [2.45, 2.75) is 13.8 Å². The van der Waals surface area contributed by atoms with E-state index in [1.54, 1.807) is 41.3 Å². The van der Waals surface area contributed by atoms with Gasteiger partial charge in [-0.3, -0.25) is 9.59 Å². The molecule has 0 saturated carbocycles. The molecular formula is C21H18N6O2S. The van der Waals surface area contributed by atoms with Gasteiger partial charge >= 0.3 is 0 Å². The van der Waals surface area contributed by atoms with Gasteiger partial charge in [0.05, 0.1) is 15.4 Å². The lowest BCUT2D eigenvalue weighted by Gasteiger charge is -2.06. The van der Waals surface area contributed by atoms with Gasteiger partial charge in [-0.2, -0.15) is 5.10 Å². The summed E-state index contributed by atoms with van der Waals surface area (Å²) in [7, 11) is 0. The molecule has 0 aliphatic heterocycles. The van der Waals surface area contributed by atoms with Crippen molar-refractivity contribution in [3.8, 4) is 5.69 Å². The van der Waals surface area contributed by atoms with E-state index in [1.807, 2.05) is 32.0 Å². The Balaban J connectivity index is 1.41. The van der Waals surface area contributed by atoms with Crippen molar-refractivity contribution in [3.05, 3.63) is 82.2 Å². The van der Waals surface area contributed by atoms with E-state index in [9.17, 15) is 9.59 Å². The van der Waals surface area contributed by atoms with Crippen LogP contribution in [0.5, 0.6) is 0 Å². The van der Waals surface area contributed by atoms with Crippen molar-refractivity contribution >= 4 is 34.7 Å². The highest BCUT2D eigenvalue weighted by Gasteiger charge is 2.15. The maximum atomic E-state index is 12.5. The topological polar surface area (TPSA) is 102 Å². The van der Waals surface area contributed by atoms with Gasteiger partial charge in [-0.25, -0.2) is 14.6 Å². The van der Waals surface area contributed by atoms with E-state index in [4.69, 9.17) is 0 Å². The maximum absolute atomic E-state index is 12.5. The third-order valence-corrected chi connectivity index (χ3v) is 5.28. The van der Waals surface area contributed by atoms with E-state index in [0.29, 0.717) is 21.3 Å². The zero-order valence-electron chi connectivity index (χ0n) is 16.3. The molecule has 9 heteroatoms. The van der Waals surface area contributed by atoms with E-state index in [2.05, 4.69) is 25.7 Å². The van der Waals surface area contributed by atoms with Gasteiger partial charge in [-0.15, -0.1) is 11.3 Å². The fourth-order valence-corrected chi connectivity index (χ4v) is 3.69. The van der Waals surface area contributed by atoms with E-state index in [0.717, 1.165) is 28.3 Å². The van der Waals surface area contributed by atoms with Crippen LogP contribution in [0.15, 0.2) is 61.2 Å². The first-order valence-corrected chi connectivity index (χ1v) is 9.92. The molecule has 0 atom stereocenters. The lowest BCUT2D eigenvalue weighted by Crippen LogP contribution is -2.12. The van der Waals surface area contributed by atoms with E-state index < -0.39 is 0 Å². The molecule has 1 aromatic carbocycles. The fraction of sp³-hybridized carbons (Fsp3) is 0.0952. The third-order valence-electron chi connectivity index (χ3n) is 4.20. The Bertz CT molecular complexity index is 1180. The molecule has 0 saturated heterocycles. The van der Waals surface area contributed by atoms with Crippen molar-refractivity contribution in [3.63, 3.8) is 0 Å². The second kappa shape index (κ2) is 8.26. The monoisotopic (exact) mass is 418 g/mol. The molecule has 0 bridgehead atoms. The van der Waals surface area contributed by atoms with E-state index in [-0.39, 0.29) is 11.8 Å². The lowest BCUT2D eigenvalue weighted by atomic mass is 10.2. The van der Waals surface area contributed by atoms with Crippen LogP contribution in [0.2, 0.25) is 0 Å². The molecule has 0 aliphatic rings. The molecule has 2 amide bonds. The summed E-state index contributed by atoms with van der Waals surface area (Å²) in [6.45, 7) is 3.81. The number of aryl methyl sites for hydroxylation is 2. The van der Waals surface area contributed by atoms with Gasteiger partial charge in [-0.05, 0) is 67.9 Å². The molecule has 0 aliphatic carbocycles. The number of thiophene rings is 1. The number of hydrogen-bond acceptors (Lipinski definition) is 6. The molecular weight excluding hydrogens is 400 g/mol. The number of nitrogens with zero attached hydrogens (tertiary/aromatic N) is 4.